The zero-order valence-electron chi connectivity index (χ0n) is 15.0. The first-order valence-corrected chi connectivity index (χ1v) is 10.4. The van der Waals surface area contributed by atoms with Crippen molar-refractivity contribution in [1.29, 1.82) is 0 Å². The second kappa shape index (κ2) is 6.96. The van der Waals surface area contributed by atoms with Crippen LogP contribution in [0.2, 0.25) is 0 Å². The molecule has 5 rings (SSSR count). The van der Waals surface area contributed by atoms with E-state index in [2.05, 4.69) is 79.5 Å². The number of halogens is 1. The van der Waals surface area contributed by atoms with Crippen molar-refractivity contribution in [3.63, 3.8) is 0 Å². The Hall–Kier alpha value is -2.83. The van der Waals surface area contributed by atoms with Gasteiger partial charge in [0.05, 0.1) is 16.6 Å². The predicted octanol–water partition coefficient (Wildman–Crippen LogP) is 6.72. The predicted molar refractivity (Wildman–Crippen MR) is 120 cm³/mol. The van der Waals surface area contributed by atoms with Gasteiger partial charge in [0, 0.05) is 26.5 Å². The second-order valence-electron chi connectivity index (χ2n) is 6.45. The van der Waals surface area contributed by atoms with E-state index in [1.165, 1.54) is 10.4 Å². The van der Waals surface area contributed by atoms with E-state index < -0.39 is 0 Å². The summed E-state index contributed by atoms with van der Waals surface area (Å²) < 4.78 is 1.06. The van der Waals surface area contributed by atoms with Gasteiger partial charge in [-0.25, -0.2) is 9.97 Å². The van der Waals surface area contributed by atoms with Crippen LogP contribution in [0.5, 0.6) is 0 Å². The molecule has 3 heterocycles. The van der Waals surface area contributed by atoms with Crippen molar-refractivity contribution in [2.75, 3.05) is 5.32 Å². The van der Waals surface area contributed by atoms with Gasteiger partial charge in [0.1, 0.15) is 17.0 Å². The highest BCUT2D eigenvalue weighted by atomic mass is 79.9. The maximum atomic E-state index is 4.57. The third-order valence-corrected chi connectivity index (χ3v) is 6.22. The molecule has 4 nitrogen and oxygen atoms in total. The SMILES string of the molecule is Cc1sc2ncnc(Nc3cccc4cccnc34)c2c1-c1ccc(Br)cc1. The van der Waals surface area contributed by atoms with Crippen LogP contribution in [0.3, 0.4) is 0 Å². The number of pyridine rings is 1. The number of nitrogens with one attached hydrogen (secondary N) is 1. The highest BCUT2D eigenvalue weighted by Gasteiger charge is 2.17. The van der Waals surface area contributed by atoms with E-state index in [1.807, 2.05) is 24.4 Å². The van der Waals surface area contributed by atoms with Crippen LogP contribution < -0.4 is 5.32 Å². The summed E-state index contributed by atoms with van der Waals surface area (Å²) in [7, 11) is 0. The van der Waals surface area contributed by atoms with Gasteiger partial charge in [0.2, 0.25) is 0 Å². The maximum Gasteiger partial charge on any atom is 0.143 e. The highest BCUT2D eigenvalue weighted by Crippen LogP contribution is 2.41. The van der Waals surface area contributed by atoms with E-state index in [0.717, 1.165) is 42.7 Å². The Morgan fingerprint density at radius 3 is 2.61 bits per heavy atom. The quantitative estimate of drug-likeness (QED) is 0.334. The van der Waals surface area contributed by atoms with Crippen LogP contribution >= 0.6 is 27.3 Å². The number of rotatable bonds is 3. The topological polar surface area (TPSA) is 50.7 Å². The lowest BCUT2D eigenvalue weighted by Gasteiger charge is -2.11. The molecule has 0 fully saturated rings. The summed E-state index contributed by atoms with van der Waals surface area (Å²) in [5.41, 5.74) is 4.18. The van der Waals surface area contributed by atoms with E-state index in [0.29, 0.717) is 0 Å². The maximum absolute atomic E-state index is 4.57. The van der Waals surface area contributed by atoms with Gasteiger partial charge in [-0.2, -0.15) is 0 Å². The average molecular weight is 447 g/mol. The summed E-state index contributed by atoms with van der Waals surface area (Å²) in [6.45, 7) is 2.13. The molecule has 0 aliphatic carbocycles. The molecule has 0 spiro atoms. The Kier molecular flexibility index (Phi) is 4.30. The Bertz CT molecular complexity index is 1310. The fourth-order valence-corrected chi connectivity index (χ4v) is 4.71. The van der Waals surface area contributed by atoms with Crippen molar-refractivity contribution < 1.29 is 0 Å². The van der Waals surface area contributed by atoms with Gasteiger partial charge >= 0.3 is 0 Å². The molecule has 5 aromatic rings. The molecule has 0 aliphatic heterocycles. The number of fused-ring (bicyclic) bond motifs is 2. The molecule has 0 atom stereocenters. The molecule has 0 saturated heterocycles. The molecule has 28 heavy (non-hydrogen) atoms. The standard InChI is InChI=1S/C22H15BrN4S/c1-13-18(14-7-9-16(23)10-8-14)19-21(25-12-26-22(19)28-13)27-17-6-2-4-15-5-3-11-24-20(15)17/h2-12H,1H3,(H,25,26,27). The zero-order chi connectivity index (χ0) is 19.1. The van der Waals surface area contributed by atoms with Gasteiger partial charge in [-0.1, -0.05) is 46.3 Å². The van der Waals surface area contributed by atoms with E-state index in [1.54, 1.807) is 17.7 Å². The minimum atomic E-state index is 0.797. The summed E-state index contributed by atoms with van der Waals surface area (Å²) in [5, 5.41) is 5.64. The molecule has 0 aliphatic rings. The van der Waals surface area contributed by atoms with E-state index in [9.17, 15) is 0 Å². The van der Waals surface area contributed by atoms with Crippen LogP contribution in [0.4, 0.5) is 11.5 Å². The Morgan fingerprint density at radius 2 is 1.75 bits per heavy atom. The third kappa shape index (κ3) is 2.95. The number of thiophene rings is 1. The first kappa shape index (κ1) is 17.3. The molecule has 0 bridgehead atoms. The number of aryl methyl sites for hydroxylation is 1. The van der Waals surface area contributed by atoms with Crippen LogP contribution in [0.15, 0.2) is 71.6 Å². The monoisotopic (exact) mass is 446 g/mol. The highest BCUT2D eigenvalue weighted by molar-refractivity contribution is 9.10. The lowest BCUT2D eigenvalue weighted by molar-refractivity contribution is 1.23. The Balaban J connectivity index is 1.71. The molecule has 0 saturated carbocycles. The molecule has 0 unspecified atom stereocenters. The molecule has 1 N–H and O–H groups in total. The lowest BCUT2D eigenvalue weighted by atomic mass is 10.0. The number of hydrogen-bond acceptors (Lipinski definition) is 5. The van der Waals surface area contributed by atoms with Crippen molar-refractivity contribution in [3.05, 3.63) is 76.5 Å². The van der Waals surface area contributed by atoms with Crippen molar-refractivity contribution in [1.82, 2.24) is 15.0 Å². The van der Waals surface area contributed by atoms with Gasteiger partial charge < -0.3 is 5.32 Å². The van der Waals surface area contributed by atoms with E-state index in [4.69, 9.17) is 0 Å². The smallest absolute Gasteiger partial charge is 0.143 e. The fraction of sp³-hybridized carbons (Fsp3) is 0.0455. The summed E-state index contributed by atoms with van der Waals surface area (Å²) >= 11 is 5.21. The fourth-order valence-electron chi connectivity index (χ4n) is 3.44. The number of hydrogen-bond donors (Lipinski definition) is 1. The third-order valence-electron chi connectivity index (χ3n) is 4.68. The van der Waals surface area contributed by atoms with Gasteiger partial charge in [0.15, 0.2) is 0 Å². The minimum absolute atomic E-state index is 0.797. The first-order chi connectivity index (χ1) is 13.7. The summed E-state index contributed by atoms with van der Waals surface area (Å²) in [6, 6.07) is 18.5. The van der Waals surface area contributed by atoms with Crippen molar-refractivity contribution in [3.8, 4) is 11.1 Å². The molecule has 3 aromatic heterocycles. The largest absolute Gasteiger partial charge is 0.338 e. The van der Waals surface area contributed by atoms with Crippen LogP contribution in [-0.2, 0) is 0 Å². The average Bonchev–Trinajstić information content (AvgIpc) is 3.06. The second-order valence-corrected chi connectivity index (χ2v) is 8.57. The van der Waals surface area contributed by atoms with E-state index in [-0.39, 0.29) is 0 Å². The van der Waals surface area contributed by atoms with Gasteiger partial charge in [-0.15, -0.1) is 11.3 Å². The number of benzene rings is 2. The number of aromatic nitrogens is 3. The minimum Gasteiger partial charge on any atom is -0.338 e. The van der Waals surface area contributed by atoms with Crippen LogP contribution in [0.1, 0.15) is 4.88 Å². The molecule has 2 aromatic carbocycles. The number of nitrogens with zero attached hydrogens (tertiary/aromatic N) is 3. The van der Waals surface area contributed by atoms with Crippen molar-refractivity contribution in [2.24, 2.45) is 0 Å². The number of para-hydroxylation sites is 1. The summed E-state index contributed by atoms with van der Waals surface area (Å²) in [6.07, 6.45) is 3.43. The van der Waals surface area contributed by atoms with Crippen molar-refractivity contribution >= 4 is 59.9 Å². The van der Waals surface area contributed by atoms with Crippen LogP contribution in [0.25, 0.3) is 32.2 Å². The van der Waals surface area contributed by atoms with E-state index >= 15 is 0 Å². The Morgan fingerprint density at radius 1 is 0.929 bits per heavy atom. The molecular weight excluding hydrogens is 432 g/mol. The Labute approximate surface area is 174 Å². The number of anilines is 2. The molecule has 0 radical (unpaired) electrons. The molecule has 0 amide bonds. The lowest BCUT2D eigenvalue weighted by Crippen LogP contribution is -1.97. The summed E-state index contributed by atoms with van der Waals surface area (Å²) in [4.78, 5) is 15.8. The van der Waals surface area contributed by atoms with Crippen LogP contribution in [-0.4, -0.2) is 15.0 Å². The van der Waals surface area contributed by atoms with Gasteiger partial charge in [-0.05, 0) is 36.8 Å². The normalized spacial score (nSPS) is 11.2. The molecule has 136 valence electrons. The first-order valence-electron chi connectivity index (χ1n) is 8.81. The van der Waals surface area contributed by atoms with Crippen molar-refractivity contribution in [2.45, 2.75) is 6.92 Å². The van der Waals surface area contributed by atoms with Gasteiger partial charge in [-0.3, -0.25) is 4.98 Å². The summed E-state index contributed by atoms with van der Waals surface area (Å²) in [5.74, 6) is 0.797. The zero-order valence-corrected chi connectivity index (χ0v) is 17.4. The van der Waals surface area contributed by atoms with Gasteiger partial charge in [0.25, 0.3) is 0 Å². The van der Waals surface area contributed by atoms with Crippen LogP contribution in [0, 0.1) is 6.92 Å². The molecular formula is C22H15BrN4S. The molecule has 6 heteroatoms.